The van der Waals surface area contributed by atoms with E-state index in [4.69, 9.17) is 51.6 Å². The third kappa shape index (κ3) is 10.7. The second-order valence-corrected chi connectivity index (χ2v) is 16.7. The topological polar surface area (TPSA) is 161 Å². The minimum atomic E-state index is -5.33. The van der Waals surface area contributed by atoms with Gasteiger partial charge in [0, 0.05) is 45.4 Å². The third-order valence-corrected chi connectivity index (χ3v) is 12.2. The normalized spacial score (nSPS) is 14.3. The average molecular weight is 1020 g/mol. The Kier molecular flexibility index (Phi) is 15.9. The first kappa shape index (κ1) is 52.7. The molecule has 6 aromatic rings. The van der Waals surface area contributed by atoms with Crippen molar-refractivity contribution in [3.05, 3.63) is 164 Å². The van der Waals surface area contributed by atoms with Crippen molar-refractivity contribution in [1.82, 2.24) is 19.9 Å². The lowest BCUT2D eigenvalue weighted by Gasteiger charge is -2.39. The number of hydrogen-bond donors (Lipinski definition) is 1. The van der Waals surface area contributed by atoms with E-state index in [1.807, 2.05) is 0 Å². The zero-order chi connectivity index (χ0) is 51.3. The van der Waals surface area contributed by atoms with Crippen LogP contribution in [0.3, 0.4) is 0 Å². The molecule has 0 radical (unpaired) electrons. The Morgan fingerprint density at radius 2 is 1.06 bits per heavy atom. The highest BCUT2D eigenvalue weighted by molar-refractivity contribution is 6.32. The molecule has 2 aromatic heterocycles. The summed E-state index contributed by atoms with van der Waals surface area (Å²) in [7, 11) is 3.89. The van der Waals surface area contributed by atoms with Crippen LogP contribution in [0.25, 0.3) is 0 Å². The molecule has 70 heavy (non-hydrogen) atoms. The van der Waals surface area contributed by atoms with E-state index in [1.165, 1.54) is 103 Å². The maximum atomic E-state index is 15.9. The number of halogens is 8. The Morgan fingerprint density at radius 1 is 0.600 bits per heavy atom. The van der Waals surface area contributed by atoms with Crippen LogP contribution in [-0.4, -0.2) is 70.7 Å². The summed E-state index contributed by atoms with van der Waals surface area (Å²) in [5.41, 5.74) is -7.25. The van der Waals surface area contributed by atoms with Gasteiger partial charge >= 0.3 is 24.3 Å². The number of hydrogen-bond acceptors (Lipinski definition) is 13. The van der Waals surface area contributed by atoms with Crippen LogP contribution in [0.1, 0.15) is 91.4 Å². The molecule has 0 aliphatic rings. The highest BCUT2D eigenvalue weighted by atomic mass is 35.5. The minimum absolute atomic E-state index is 0.00307. The van der Waals surface area contributed by atoms with E-state index in [2.05, 4.69) is 19.9 Å². The van der Waals surface area contributed by atoms with Crippen LogP contribution in [0.2, 0.25) is 10.0 Å². The molecule has 4 aromatic carbocycles. The Morgan fingerprint density at radius 3 is 1.46 bits per heavy atom. The number of esters is 2. The second kappa shape index (κ2) is 21.1. The van der Waals surface area contributed by atoms with Gasteiger partial charge in [-0.25, -0.2) is 9.59 Å². The number of ether oxygens (including phenoxy) is 6. The number of carbonyl (C=O) groups excluding carboxylic acids is 2. The van der Waals surface area contributed by atoms with Crippen molar-refractivity contribution in [3.8, 4) is 23.0 Å². The standard InChI is InChI=1S/C49H44Cl2F6N4O9/c1-26-20-60-42(22-58-26)46(64,48(52,53)54)28(3)36-14-12-34(18-38(36)50)68-25-33-11-9-31(17-41(33)66-6)45(63)70-47(49(55,56)57,43-23-59-27(2)21-61-43)29(4)37-15-13-35(19-39(37)51)69-24-32-10-8-30(44(62)67-7)16-40(32)65-5/h8-23,28-29,64H,24-25H2,1-7H3. The van der Waals surface area contributed by atoms with E-state index < -0.39 is 58.7 Å². The van der Waals surface area contributed by atoms with Crippen molar-refractivity contribution in [2.45, 2.75) is 76.3 Å². The molecule has 1 N–H and O–H groups in total. The summed E-state index contributed by atoms with van der Waals surface area (Å²) in [5.74, 6) is -4.85. The predicted octanol–water partition coefficient (Wildman–Crippen LogP) is 11.1. The summed E-state index contributed by atoms with van der Waals surface area (Å²) in [4.78, 5) is 41.7. The largest absolute Gasteiger partial charge is 0.496 e. The number of nitrogens with zero attached hydrogens (tertiary/aromatic N) is 4. The molecule has 370 valence electrons. The highest BCUT2D eigenvalue weighted by Crippen LogP contribution is 2.53. The van der Waals surface area contributed by atoms with Gasteiger partial charge in [-0.2, -0.15) is 26.3 Å². The molecule has 0 saturated heterocycles. The van der Waals surface area contributed by atoms with Crippen LogP contribution in [-0.2, 0) is 33.9 Å². The number of alkyl halides is 6. The molecule has 21 heteroatoms. The molecule has 0 saturated carbocycles. The second-order valence-electron chi connectivity index (χ2n) is 15.9. The molecule has 0 bridgehead atoms. The fraction of sp³-hybridized carbons (Fsp3) is 0.306. The summed E-state index contributed by atoms with van der Waals surface area (Å²) < 4.78 is 124. The van der Waals surface area contributed by atoms with Gasteiger partial charge in [-0.1, -0.05) is 61.3 Å². The summed E-state index contributed by atoms with van der Waals surface area (Å²) in [6.45, 7) is 5.01. The van der Waals surface area contributed by atoms with Crippen LogP contribution in [0.15, 0.2) is 97.6 Å². The first-order chi connectivity index (χ1) is 33.0. The lowest BCUT2D eigenvalue weighted by molar-refractivity contribution is -0.276. The summed E-state index contributed by atoms with van der Waals surface area (Å²) in [5, 5.41) is 10.8. The van der Waals surface area contributed by atoms with Gasteiger partial charge in [0.25, 0.3) is 5.60 Å². The van der Waals surface area contributed by atoms with Crippen molar-refractivity contribution >= 4 is 35.1 Å². The first-order valence-electron chi connectivity index (χ1n) is 20.9. The smallest absolute Gasteiger partial charge is 0.435 e. The monoisotopic (exact) mass is 1020 g/mol. The zero-order valence-corrected chi connectivity index (χ0v) is 39.8. The van der Waals surface area contributed by atoms with E-state index >= 15 is 13.2 Å². The molecule has 0 aliphatic heterocycles. The molecule has 6 rings (SSSR count). The van der Waals surface area contributed by atoms with Crippen LogP contribution in [0.4, 0.5) is 26.3 Å². The van der Waals surface area contributed by atoms with Crippen molar-refractivity contribution < 1.29 is 69.5 Å². The maximum Gasteiger partial charge on any atom is 0.435 e. The Labute approximate surface area is 407 Å². The van der Waals surface area contributed by atoms with Gasteiger partial charge in [0.2, 0.25) is 5.60 Å². The number of methoxy groups -OCH3 is 3. The Hall–Kier alpha value is -6.70. The van der Waals surface area contributed by atoms with Crippen LogP contribution in [0.5, 0.6) is 23.0 Å². The zero-order valence-electron chi connectivity index (χ0n) is 38.3. The van der Waals surface area contributed by atoms with Crippen molar-refractivity contribution in [2.75, 3.05) is 21.3 Å². The number of rotatable bonds is 17. The number of aliphatic hydroxyl groups is 1. The number of aromatic nitrogens is 4. The van der Waals surface area contributed by atoms with Crippen molar-refractivity contribution in [2.24, 2.45) is 0 Å². The molecule has 4 unspecified atom stereocenters. The SMILES string of the molecule is COC(=O)c1ccc(COc2ccc(C(C)C(OC(=O)c3ccc(COc4ccc(C(C)C(O)(c5cnc(C)cn5)C(F)(F)F)c(Cl)c4)c(OC)c3)(c3cnc(C)cn3)C(F)(F)F)c(Cl)c2)c(OC)c1. The molecule has 0 amide bonds. The van der Waals surface area contributed by atoms with E-state index in [0.29, 0.717) is 22.6 Å². The minimum Gasteiger partial charge on any atom is -0.496 e. The van der Waals surface area contributed by atoms with E-state index in [1.54, 1.807) is 6.07 Å². The van der Waals surface area contributed by atoms with Crippen molar-refractivity contribution in [1.29, 1.82) is 0 Å². The van der Waals surface area contributed by atoms with Crippen LogP contribution >= 0.6 is 23.2 Å². The van der Waals surface area contributed by atoms with E-state index in [0.717, 1.165) is 37.8 Å². The first-order valence-corrected chi connectivity index (χ1v) is 21.7. The van der Waals surface area contributed by atoms with Gasteiger partial charge in [0.05, 0.1) is 56.2 Å². The van der Waals surface area contributed by atoms with Gasteiger partial charge < -0.3 is 33.5 Å². The average Bonchev–Trinajstić information content (AvgIpc) is 3.33. The lowest BCUT2D eigenvalue weighted by Crippen LogP contribution is -2.51. The Balaban J connectivity index is 1.24. The van der Waals surface area contributed by atoms with E-state index in [9.17, 15) is 27.9 Å². The number of carbonyl (C=O) groups is 2. The van der Waals surface area contributed by atoms with Crippen molar-refractivity contribution in [3.63, 3.8) is 0 Å². The highest BCUT2D eigenvalue weighted by Gasteiger charge is 2.65. The predicted molar refractivity (Wildman–Crippen MR) is 242 cm³/mol. The summed E-state index contributed by atoms with van der Waals surface area (Å²) in [6, 6.07) is 16.1. The quantitative estimate of drug-likeness (QED) is 0.0679. The number of benzene rings is 4. The molecular formula is C49H44Cl2F6N4O9. The van der Waals surface area contributed by atoms with Gasteiger partial charge in [0.15, 0.2) is 0 Å². The molecule has 13 nitrogen and oxygen atoms in total. The lowest BCUT2D eigenvalue weighted by atomic mass is 9.79. The fourth-order valence-corrected chi connectivity index (χ4v) is 8.23. The van der Waals surface area contributed by atoms with Gasteiger partial charge in [-0.3, -0.25) is 19.9 Å². The van der Waals surface area contributed by atoms with Crippen LogP contribution in [0, 0.1) is 13.8 Å². The third-order valence-electron chi connectivity index (χ3n) is 11.6. The number of aryl methyl sites for hydroxylation is 2. The molecule has 0 fully saturated rings. The molecular weight excluding hydrogens is 973 g/mol. The maximum absolute atomic E-state index is 15.9. The molecule has 2 heterocycles. The summed E-state index contributed by atoms with van der Waals surface area (Å²) in [6.07, 6.45) is -6.59. The summed E-state index contributed by atoms with van der Waals surface area (Å²) >= 11 is 13.2. The molecule has 0 aliphatic carbocycles. The fourth-order valence-electron chi connectivity index (χ4n) is 7.57. The van der Waals surface area contributed by atoms with Crippen LogP contribution < -0.4 is 18.9 Å². The van der Waals surface area contributed by atoms with Gasteiger partial charge in [-0.05, 0) is 73.5 Å². The van der Waals surface area contributed by atoms with Gasteiger partial charge in [-0.15, -0.1) is 0 Å². The van der Waals surface area contributed by atoms with Gasteiger partial charge in [0.1, 0.15) is 47.6 Å². The van der Waals surface area contributed by atoms with E-state index in [-0.39, 0.29) is 68.5 Å². The molecule has 4 atom stereocenters. The molecule has 0 spiro atoms. The Bertz CT molecular complexity index is 2860.